The summed E-state index contributed by atoms with van der Waals surface area (Å²) in [6, 6.07) is 3.36. The minimum atomic E-state index is -0.119. The second kappa shape index (κ2) is 6.43. The fourth-order valence-electron chi connectivity index (χ4n) is 2.22. The third-order valence-electron chi connectivity index (χ3n) is 3.29. The van der Waals surface area contributed by atoms with Gasteiger partial charge in [-0.05, 0) is 34.0 Å². The van der Waals surface area contributed by atoms with Crippen molar-refractivity contribution in [2.45, 2.75) is 20.3 Å². The quantitative estimate of drug-likeness (QED) is 0.847. The lowest BCUT2D eigenvalue weighted by Crippen LogP contribution is -2.50. The highest BCUT2D eigenvalue weighted by atomic mass is 79.9. The van der Waals surface area contributed by atoms with Crippen molar-refractivity contribution in [1.82, 2.24) is 9.80 Å². The van der Waals surface area contributed by atoms with Gasteiger partial charge in [0.05, 0.1) is 0 Å². The van der Waals surface area contributed by atoms with Crippen LogP contribution in [0.5, 0.6) is 0 Å². The molecule has 5 nitrogen and oxygen atoms in total. The third kappa shape index (κ3) is 3.62. The second-order valence-electron chi connectivity index (χ2n) is 5.37. The van der Waals surface area contributed by atoms with Gasteiger partial charge in [-0.25, -0.2) is 0 Å². The topological polar surface area (TPSA) is 53.8 Å². The molecule has 2 rings (SSSR count). The van der Waals surface area contributed by atoms with Gasteiger partial charge in [-0.3, -0.25) is 9.59 Å². The predicted octanol–water partition coefficient (Wildman–Crippen LogP) is 2.37. The molecule has 1 aliphatic rings. The van der Waals surface area contributed by atoms with Crippen molar-refractivity contribution in [1.29, 1.82) is 0 Å². The summed E-state index contributed by atoms with van der Waals surface area (Å²) in [6.07, 6.45) is 0.569. The molecule has 0 aromatic carbocycles. The zero-order chi connectivity index (χ0) is 14.7. The van der Waals surface area contributed by atoms with Crippen LogP contribution in [0.1, 0.15) is 30.8 Å². The lowest BCUT2D eigenvalue weighted by Gasteiger charge is -2.34. The molecule has 0 aliphatic carbocycles. The van der Waals surface area contributed by atoms with Gasteiger partial charge in [0.25, 0.3) is 5.91 Å². The van der Waals surface area contributed by atoms with Crippen LogP contribution in [0, 0.1) is 5.92 Å². The summed E-state index contributed by atoms with van der Waals surface area (Å²) in [5.41, 5.74) is 0. The summed E-state index contributed by atoms with van der Waals surface area (Å²) in [5, 5.41) is 0. The van der Waals surface area contributed by atoms with Crippen LogP contribution in [0.25, 0.3) is 0 Å². The van der Waals surface area contributed by atoms with Gasteiger partial charge in [0.1, 0.15) is 0 Å². The molecule has 110 valence electrons. The number of carbonyl (C=O) groups excluding carboxylic acids is 2. The zero-order valence-electron chi connectivity index (χ0n) is 11.8. The van der Waals surface area contributed by atoms with Crippen LogP contribution in [0.4, 0.5) is 0 Å². The first-order chi connectivity index (χ1) is 9.47. The maximum absolute atomic E-state index is 12.2. The molecule has 0 spiro atoms. The van der Waals surface area contributed by atoms with Gasteiger partial charge in [0.15, 0.2) is 10.4 Å². The van der Waals surface area contributed by atoms with Gasteiger partial charge < -0.3 is 14.2 Å². The van der Waals surface area contributed by atoms with E-state index in [4.69, 9.17) is 4.42 Å². The van der Waals surface area contributed by atoms with E-state index in [1.807, 2.05) is 18.7 Å². The Balaban J connectivity index is 1.88. The summed E-state index contributed by atoms with van der Waals surface area (Å²) in [6.45, 7) is 6.37. The molecular formula is C14H19BrN2O3. The fraction of sp³-hybridized carbons (Fsp3) is 0.571. The maximum Gasteiger partial charge on any atom is 0.289 e. The van der Waals surface area contributed by atoms with Crippen molar-refractivity contribution in [3.8, 4) is 0 Å². The Kier molecular flexibility index (Phi) is 4.86. The Bertz CT molecular complexity index is 490. The maximum atomic E-state index is 12.2. The van der Waals surface area contributed by atoms with Crippen molar-refractivity contribution >= 4 is 27.7 Å². The van der Waals surface area contributed by atoms with Crippen molar-refractivity contribution in [3.05, 3.63) is 22.6 Å². The van der Waals surface area contributed by atoms with Gasteiger partial charge in [0.2, 0.25) is 5.91 Å². The first kappa shape index (κ1) is 15.1. The smallest absolute Gasteiger partial charge is 0.289 e. The lowest BCUT2D eigenvalue weighted by atomic mass is 10.1. The number of halogens is 1. The SMILES string of the molecule is CC(C)CC(=O)N1CCN(C(=O)c2ccc(Br)o2)CC1. The molecule has 0 atom stereocenters. The number of carbonyl (C=O) groups is 2. The molecule has 6 heteroatoms. The van der Waals surface area contributed by atoms with E-state index in [-0.39, 0.29) is 11.8 Å². The van der Waals surface area contributed by atoms with Gasteiger partial charge >= 0.3 is 0 Å². The molecule has 0 unspecified atom stereocenters. The normalized spacial score (nSPS) is 15.8. The molecular weight excluding hydrogens is 324 g/mol. The molecule has 2 amide bonds. The number of amides is 2. The highest BCUT2D eigenvalue weighted by Gasteiger charge is 2.26. The minimum absolute atomic E-state index is 0.119. The summed E-state index contributed by atoms with van der Waals surface area (Å²) in [4.78, 5) is 27.7. The van der Waals surface area contributed by atoms with E-state index in [1.165, 1.54) is 0 Å². The molecule has 1 fully saturated rings. The molecule has 0 saturated carbocycles. The summed E-state index contributed by atoms with van der Waals surface area (Å²) in [5.74, 6) is 0.751. The first-order valence-electron chi connectivity index (χ1n) is 6.79. The number of hydrogen-bond acceptors (Lipinski definition) is 3. The van der Waals surface area contributed by atoms with Crippen LogP contribution in [0.3, 0.4) is 0 Å². The molecule has 1 aliphatic heterocycles. The average Bonchev–Trinajstić information content (AvgIpc) is 2.84. The van der Waals surface area contributed by atoms with Crippen LogP contribution >= 0.6 is 15.9 Å². The number of rotatable bonds is 3. The van der Waals surface area contributed by atoms with Crippen LogP contribution in [-0.2, 0) is 4.79 Å². The minimum Gasteiger partial charge on any atom is -0.444 e. The van der Waals surface area contributed by atoms with E-state index >= 15 is 0 Å². The van der Waals surface area contributed by atoms with E-state index in [0.717, 1.165) is 0 Å². The van der Waals surface area contributed by atoms with Gasteiger partial charge in [-0.2, -0.15) is 0 Å². The van der Waals surface area contributed by atoms with E-state index in [2.05, 4.69) is 15.9 Å². The largest absolute Gasteiger partial charge is 0.444 e. The van der Waals surface area contributed by atoms with E-state index < -0.39 is 0 Å². The third-order valence-corrected chi connectivity index (χ3v) is 3.71. The second-order valence-corrected chi connectivity index (χ2v) is 6.16. The number of hydrogen-bond donors (Lipinski definition) is 0. The summed E-state index contributed by atoms with van der Waals surface area (Å²) in [7, 11) is 0. The Morgan fingerprint density at radius 1 is 1.20 bits per heavy atom. The molecule has 1 saturated heterocycles. The molecule has 1 aromatic rings. The highest BCUT2D eigenvalue weighted by molar-refractivity contribution is 9.10. The van der Waals surface area contributed by atoms with Crippen molar-refractivity contribution in [2.75, 3.05) is 26.2 Å². The fourth-order valence-corrected chi connectivity index (χ4v) is 2.53. The number of piperazine rings is 1. The monoisotopic (exact) mass is 342 g/mol. The van der Waals surface area contributed by atoms with Gasteiger partial charge in [-0.15, -0.1) is 0 Å². The molecule has 0 N–H and O–H groups in total. The van der Waals surface area contributed by atoms with E-state index in [1.54, 1.807) is 17.0 Å². The molecule has 1 aromatic heterocycles. The Hall–Kier alpha value is -1.30. The lowest BCUT2D eigenvalue weighted by molar-refractivity contribution is -0.133. The molecule has 2 heterocycles. The summed E-state index contributed by atoms with van der Waals surface area (Å²) < 4.78 is 5.82. The van der Waals surface area contributed by atoms with Crippen molar-refractivity contribution in [2.24, 2.45) is 5.92 Å². The average molecular weight is 343 g/mol. The standard InChI is InChI=1S/C14H19BrN2O3/c1-10(2)9-13(18)16-5-7-17(8-6-16)14(19)11-3-4-12(15)20-11/h3-4,10H,5-9H2,1-2H3. The Labute approximate surface area is 127 Å². The van der Waals surface area contributed by atoms with E-state index in [9.17, 15) is 9.59 Å². The van der Waals surface area contributed by atoms with Crippen molar-refractivity contribution < 1.29 is 14.0 Å². The van der Waals surface area contributed by atoms with Crippen LogP contribution in [-0.4, -0.2) is 47.8 Å². The molecule has 0 bridgehead atoms. The highest BCUT2D eigenvalue weighted by Crippen LogP contribution is 2.17. The van der Waals surface area contributed by atoms with Crippen LogP contribution < -0.4 is 0 Å². The molecule has 0 radical (unpaired) electrons. The Morgan fingerprint density at radius 2 is 1.80 bits per heavy atom. The number of furan rings is 1. The Morgan fingerprint density at radius 3 is 2.30 bits per heavy atom. The molecule has 20 heavy (non-hydrogen) atoms. The number of nitrogens with zero attached hydrogens (tertiary/aromatic N) is 2. The summed E-state index contributed by atoms with van der Waals surface area (Å²) >= 11 is 3.19. The zero-order valence-corrected chi connectivity index (χ0v) is 13.4. The van der Waals surface area contributed by atoms with Crippen LogP contribution in [0.15, 0.2) is 21.2 Å². The van der Waals surface area contributed by atoms with Gasteiger partial charge in [0, 0.05) is 32.6 Å². The van der Waals surface area contributed by atoms with E-state index in [0.29, 0.717) is 48.9 Å². The predicted molar refractivity (Wildman–Crippen MR) is 78.3 cm³/mol. The van der Waals surface area contributed by atoms with Gasteiger partial charge in [-0.1, -0.05) is 13.8 Å². The van der Waals surface area contributed by atoms with Crippen molar-refractivity contribution in [3.63, 3.8) is 0 Å². The van der Waals surface area contributed by atoms with Crippen LogP contribution in [0.2, 0.25) is 0 Å². The first-order valence-corrected chi connectivity index (χ1v) is 7.59.